The van der Waals surface area contributed by atoms with Crippen LogP contribution in [-0.4, -0.2) is 47.8 Å². The molecule has 118 valence electrons. The van der Waals surface area contributed by atoms with Gasteiger partial charge in [-0.25, -0.2) is 13.8 Å². The maximum Gasteiger partial charge on any atom is 0.248 e. The Balaban J connectivity index is 1.95. The molecule has 1 atom stereocenters. The van der Waals surface area contributed by atoms with Gasteiger partial charge < -0.3 is 10.3 Å². The van der Waals surface area contributed by atoms with Gasteiger partial charge >= 0.3 is 0 Å². The summed E-state index contributed by atoms with van der Waals surface area (Å²) in [5, 5.41) is 9.80. The normalized spacial score (nSPS) is 22.8. The molecule has 2 aliphatic rings. The van der Waals surface area contributed by atoms with E-state index in [1.807, 2.05) is 23.9 Å². The van der Waals surface area contributed by atoms with Gasteiger partial charge in [0, 0.05) is 32.1 Å². The van der Waals surface area contributed by atoms with Crippen LogP contribution in [0.15, 0.2) is 16.3 Å². The lowest BCUT2D eigenvalue weighted by Crippen LogP contribution is -2.50. The molecule has 2 heterocycles. The molecule has 1 unspecified atom stereocenters. The highest BCUT2D eigenvalue weighted by atomic mass is 19.3. The summed E-state index contributed by atoms with van der Waals surface area (Å²) in [5.74, 6) is -2.34. The van der Waals surface area contributed by atoms with E-state index in [2.05, 4.69) is 10.4 Å². The second-order valence-electron chi connectivity index (χ2n) is 5.69. The maximum absolute atomic E-state index is 13.5. The number of likely N-dealkylation sites (N-methyl/N-ethyl adjacent to an activating group) is 1. The summed E-state index contributed by atoms with van der Waals surface area (Å²) in [4.78, 5) is 5.91. The number of nitrogens with zero attached hydrogens (tertiary/aromatic N) is 3. The standard InChI is InChI=1S/C14H23F2N5/c1-4-6-14(15,16)7-5-8-21-13-11(10(2)19-21)12(17)18-9-20(13)3/h9,13,17,19H,4-8H2,1-3H3. The van der Waals surface area contributed by atoms with Crippen LogP contribution in [0.1, 0.15) is 39.5 Å². The van der Waals surface area contributed by atoms with E-state index in [-0.39, 0.29) is 24.8 Å². The van der Waals surface area contributed by atoms with Crippen LogP contribution in [0.5, 0.6) is 0 Å². The molecular weight excluding hydrogens is 276 g/mol. The van der Waals surface area contributed by atoms with Gasteiger partial charge in [0.15, 0.2) is 5.84 Å². The van der Waals surface area contributed by atoms with Crippen molar-refractivity contribution in [3.05, 3.63) is 11.3 Å². The molecule has 0 fully saturated rings. The van der Waals surface area contributed by atoms with Crippen LogP contribution in [-0.2, 0) is 0 Å². The molecule has 0 amide bonds. The first-order chi connectivity index (χ1) is 9.85. The second-order valence-corrected chi connectivity index (χ2v) is 5.69. The lowest BCUT2D eigenvalue weighted by molar-refractivity contribution is -0.0228. The molecule has 0 aromatic carbocycles. The van der Waals surface area contributed by atoms with E-state index in [1.54, 1.807) is 13.3 Å². The lowest BCUT2D eigenvalue weighted by Gasteiger charge is -2.34. The Morgan fingerprint density at radius 2 is 2.14 bits per heavy atom. The van der Waals surface area contributed by atoms with Crippen molar-refractivity contribution in [2.75, 3.05) is 13.6 Å². The summed E-state index contributed by atoms with van der Waals surface area (Å²) in [6.07, 6.45) is 2.23. The molecule has 2 N–H and O–H groups in total. The number of rotatable bonds is 6. The van der Waals surface area contributed by atoms with E-state index >= 15 is 0 Å². The lowest BCUT2D eigenvalue weighted by atomic mass is 10.1. The Labute approximate surface area is 124 Å². The van der Waals surface area contributed by atoms with Gasteiger partial charge in [-0.1, -0.05) is 13.3 Å². The van der Waals surface area contributed by atoms with Gasteiger partial charge in [0.1, 0.15) is 6.17 Å². The van der Waals surface area contributed by atoms with Crippen LogP contribution in [0.3, 0.4) is 0 Å². The number of amidine groups is 1. The first-order valence-electron chi connectivity index (χ1n) is 7.32. The van der Waals surface area contributed by atoms with Gasteiger partial charge in [0.25, 0.3) is 0 Å². The monoisotopic (exact) mass is 299 g/mol. The Hall–Kier alpha value is -1.50. The fourth-order valence-electron chi connectivity index (χ4n) is 2.87. The van der Waals surface area contributed by atoms with E-state index in [4.69, 9.17) is 5.41 Å². The van der Waals surface area contributed by atoms with Crippen molar-refractivity contribution in [3.63, 3.8) is 0 Å². The average Bonchev–Trinajstić information content (AvgIpc) is 2.72. The first kappa shape index (κ1) is 15.9. The van der Waals surface area contributed by atoms with Gasteiger partial charge in [-0.05, 0) is 13.3 Å². The zero-order valence-corrected chi connectivity index (χ0v) is 12.8. The third-order valence-electron chi connectivity index (χ3n) is 3.84. The second kappa shape index (κ2) is 6.09. The maximum atomic E-state index is 13.5. The predicted octanol–water partition coefficient (Wildman–Crippen LogP) is 2.57. The molecule has 2 aliphatic heterocycles. The molecule has 0 aromatic heterocycles. The number of fused-ring (bicyclic) bond motifs is 1. The summed E-state index contributed by atoms with van der Waals surface area (Å²) in [5.41, 5.74) is 4.87. The third kappa shape index (κ3) is 3.40. The van der Waals surface area contributed by atoms with Crippen LogP contribution in [0.25, 0.3) is 0 Å². The van der Waals surface area contributed by atoms with Crippen LogP contribution in [0.2, 0.25) is 0 Å². The minimum atomic E-state index is -2.58. The SMILES string of the molecule is CCCC(F)(F)CCCN1NC(C)=C2C(=N)N=CN(C)C21. The molecule has 0 saturated carbocycles. The third-order valence-corrected chi connectivity index (χ3v) is 3.84. The molecule has 0 bridgehead atoms. The van der Waals surface area contributed by atoms with Crippen molar-refractivity contribution in [3.8, 4) is 0 Å². The van der Waals surface area contributed by atoms with Crippen molar-refractivity contribution in [2.24, 2.45) is 4.99 Å². The number of alkyl halides is 2. The van der Waals surface area contributed by atoms with Crippen molar-refractivity contribution in [1.82, 2.24) is 15.3 Å². The zero-order valence-electron chi connectivity index (χ0n) is 12.8. The van der Waals surface area contributed by atoms with Gasteiger partial charge in [-0.3, -0.25) is 5.41 Å². The number of hydrogen-bond donors (Lipinski definition) is 2. The summed E-state index contributed by atoms with van der Waals surface area (Å²) < 4.78 is 27.1. The predicted molar refractivity (Wildman–Crippen MR) is 79.4 cm³/mol. The molecule has 0 radical (unpaired) electrons. The highest BCUT2D eigenvalue weighted by molar-refractivity contribution is 6.04. The Morgan fingerprint density at radius 1 is 1.43 bits per heavy atom. The van der Waals surface area contributed by atoms with Crippen LogP contribution in [0.4, 0.5) is 8.78 Å². The number of hydrazine groups is 1. The quantitative estimate of drug-likeness (QED) is 0.792. The van der Waals surface area contributed by atoms with Gasteiger partial charge in [-0.2, -0.15) is 5.01 Å². The average molecular weight is 299 g/mol. The zero-order chi connectivity index (χ0) is 15.6. The molecule has 0 spiro atoms. The summed E-state index contributed by atoms with van der Waals surface area (Å²) in [7, 11) is 1.87. The Morgan fingerprint density at radius 3 is 2.81 bits per heavy atom. The Kier molecular flexibility index (Phi) is 4.61. The smallest absolute Gasteiger partial charge is 0.248 e. The summed E-state index contributed by atoms with van der Waals surface area (Å²) in [6, 6.07) is 0. The number of hydrogen-bond acceptors (Lipinski definition) is 4. The molecule has 5 nitrogen and oxygen atoms in total. The van der Waals surface area contributed by atoms with E-state index in [0.717, 1.165) is 11.3 Å². The van der Waals surface area contributed by atoms with Crippen LogP contribution < -0.4 is 5.43 Å². The highest BCUT2D eigenvalue weighted by Gasteiger charge is 2.38. The molecule has 2 rings (SSSR count). The number of aliphatic imine (C=N–C) groups is 1. The van der Waals surface area contributed by atoms with E-state index < -0.39 is 5.92 Å². The van der Waals surface area contributed by atoms with Crippen molar-refractivity contribution in [2.45, 2.75) is 51.6 Å². The minimum Gasteiger partial charge on any atom is -0.344 e. The Bertz CT molecular complexity index is 472. The fraction of sp³-hybridized carbons (Fsp3) is 0.714. The number of allylic oxidation sites excluding steroid dienone is 1. The molecule has 0 saturated heterocycles. The van der Waals surface area contributed by atoms with Crippen molar-refractivity contribution in [1.29, 1.82) is 5.41 Å². The van der Waals surface area contributed by atoms with E-state index in [0.29, 0.717) is 19.4 Å². The molecular formula is C14H23F2N5. The van der Waals surface area contributed by atoms with Crippen LogP contribution >= 0.6 is 0 Å². The topological polar surface area (TPSA) is 54.7 Å². The summed E-state index contributed by atoms with van der Waals surface area (Å²) >= 11 is 0. The largest absolute Gasteiger partial charge is 0.344 e. The van der Waals surface area contributed by atoms with E-state index in [9.17, 15) is 8.78 Å². The molecule has 21 heavy (non-hydrogen) atoms. The highest BCUT2D eigenvalue weighted by Crippen LogP contribution is 2.29. The van der Waals surface area contributed by atoms with Crippen molar-refractivity contribution < 1.29 is 8.78 Å². The number of nitrogens with one attached hydrogen (secondary N) is 2. The molecule has 7 heteroatoms. The van der Waals surface area contributed by atoms with Crippen molar-refractivity contribution >= 4 is 12.2 Å². The summed E-state index contributed by atoms with van der Waals surface area (Å²) in [6.45, 7) is 4.17. The van der Waals surface area contributed by atoms with Crippen LogP contribution in [0, 0.1) is 5.41 Å². The van der Waals surface area contributed by atoms with Gasteiger partial charge in [-0.15, -0.1) is 0 Å². The minimum absolute atomic E-state index is 0.0520. The van der Waals surface area contributed by atoms with Gasteiger partial charge in [0.2, 0.25) is 5.92 Å². The first-order valence-corrected chi connectivity index (χ1v) is 7.32. The molecule has 0 aromatic rings. The van der Waals surface area contributed by atoms with E-state index in [1.165, 1.54) is 0 Å². The molecule has 0 aliphatic carbocycles. The fourth-order valence-corrected chi connectivity index (χ4v) is 2.87. The van der Waals surface area contributed by atoms with Gasteiger partial charge in [0.05, 0.1) is 11.9 Å². The number of halogens is 2.